The Balaban J connectivity index is 1.16. The maximum Gasteiger partial charge on any atom is 0.407 e. The Morgan fingerprint density at radius 3 is 2.37 bits per heavy atom. The monoisotopic (exact) mass is 1080 g/mol. The zero-order valence-corrected chi connectivity index (χ0v) is 46.7. The van der Waals surface area contributed by atoms with Crippen molar-refractivity contribution in [3.8, 4) is 5.75 Å². The van der Waals surface area contributed by atoms with Gasteiger partial charge in [0.15, 0.2) is 0 Å². The van der Waals surface area contributed by atoms with Crippen molar-refractivity contribution in [3.05, 3.63) is 76.3 Å². The van der Waals surface area contributed by atoms with Gasteiger partial charge in [-0.2, -0.15) is 0 Å². The van der Waals surface area contributed by atoms with Crippen LogP contribution >= 0.6 is 11.6 Å². The van der Waals surface area contributed by atoms with Gasteiger partial charge in [0.05, 0.1) is 43.0 Å². The minimum atomic E-state index is -1.20. The highest BCUT2D eigenvalue weighted by molar-refractivity contribution is 6.35. The third-order valence-electron chi connectivity index (χ3n) is 14.6. The van der Waals surface area contributed by atoms with Crippen LogP contribution in [0.15, 0.2) is 60.2 Å². The van der Waals surface area contributed by atoms with Crippen molar-refractivity contribution in [2.24, 2.45) is 17.6 Å². The van der Waals surface area contributed by atoms with Crippen LogP contribution in [-0.2, 0) is 60.7 Å². The molecule has 0 saturated carbocycles. The number of methoxy groups -OCH3 is 2. The van der Waals surface area contributed by atoms with Crippen molar-refractivity contribution >= 4 is 64.8 Å². The Hall–Kier alpha value is -6.22. The minimum absolute atomic E-state index is 0.0130. The fraction of sp³-hybridized carbons (Fsp3) is 0.582. The number of carbonyl (C=O) groups is 7. The Morgan fingerprint density at radius 2 is 1.71 bits per heavy atom. The summed E-state index contributed by atoms with van der Waals surface area (Å²) in [7, 11) is 6.17. The van der Waals surface area contributed by atoms with Crippen LogP contribution in [0.5, 0.6) is 5.75 Å². The van der Waals surface area contributed by atoms with E-state index in [0.717, 1.165) is 11.1 Å². The molecular weight excluding hydrogens is 1000 g/mol. The van der Waals surface area contributed by atoms with E-state index in [-0.39, 0.29) is 36.3 Å². The largest absolute Gasteiger partial charge is 0.495 e. The van der Waals surface area contributed by atoms with Crippen LogP contribution in [-0.4, -0.2) is 135 Å². The zero-order chi connectivity index (χ0) is 56.2. The summed E-state index contributed by atoms with van der Waals surface area (Å²) < 4.78 is 35.3. The van der Waals surface area contributed by atoms with E-state index in [4.69, 9.17) is 45.8 Å². The topological polar surface area (TPSA) is 259 Å². The smallest absolute Gasteiger partial charge is 0.407 e. The number of halogens is 1. The van der Waals surface area contributed by atoms with Gasteiger partial charge < -0.3 is 65.2 Å². The molecule has 0 aliphatic carbocycles. The van der Waals surface area contributed by atoms with Crippen LogP contribution in [0.3, 0.4) is 0 Å². The molecule has 20 nitrogen and oxygen atoms in total. The first-order valence-corrected chi connectivity index (χ1v) is 26.2. The van der Waals surface area contributed by atoms with Crippen LogP contribution < -0.4 is 36.6 Å². The number of amides is 6. The number of carbonyl (C=O) groups excluding carboxylic acids is 7. The van der Waals surface area contributed by atoms with Crippen molar-refractivity contribution in [3.63, 3.8) is 0 Å². The quantitative estimate of drug-likeness (QED) is 0.0463. The first-order chi connectivity index (χ1) is 35.8. The van der Waals surface area contributed by atoms with Crippen LogP contribution in [0.1, 0.15) is 105 Å². The second-order valence-electron chi connectivity index (χ2n) is 20.9. The average molecular weight is 1080 g/mol. The Bertz CT molecular complexity index is 2490. The molecule has 1 unspecified atom stereocenters. The van der Waals surface area contributed by atoms with Gasteiger partial charge >= 0.3 is 18.2 Å². The number of ether oxygens (including phenoxy) is 6. The number of unbranched alkanes of at least 4 members (excludes halogenated alkanes) is 2. The van der Waals surface area contributed by atoms with E-state index >= 15 is 0 Å². The van der Waals surface area contributed by atoms with E-state index in [1.807, 2.05) is 65.0 Å². The van der Waals surface area contributed by atoms with Gasteiger partial charge in [0.2, 0.25) is 23.6 Å². The van der Waals surface area contributed by atoms with Crippen LogP contribution in [0, 0.1) is 11.8 Å². The lowest BCUT2D eigenvalue weighted by Crippen LogP contribution is -2.61. The molecule has 6 amide bonds. The highest BCUT2D eigenvalue weighted by atomic mass is 35.5. The van der Waals surface area contributed by atoms with Crippen LogP contribution in [0.25, 0.3) is 0 Å². The molecule has 76 heavy (non-hydrogen) atoms. The summed E-state index contributed by atoms with van der Waals surface area (Å²) in [5.74, 6) is -2.44. The molecular formula is C55H78ClN7O13. The van der Waals surface area contributed by atoms with Gasteiger partial charge in [-0.3, -0.25) is 19.2 Å². The van der Waals surface area contributed by atoms with Crippen molar-refractivity contribution in [2.45, 2.75) is 161 Å². The van der Waals surface area contributed by atoms with Gasteiger partial charge in [0.25, 0.3) is 0 Å². The number of esters is 1. The van der Waals surface area contributed by atoms with Gasteiger partial charge in [-0.1, -0.05) is 74.7 Å². The van der Waals surface area contributed by atoms with E-state index < -0.39 is 95.5 Å². The second-order valence-corrected chi connectivity index (χ2v) is 21.3. The summed E-state index contributed by atoms with van der Waals surface area (Å²) in [4.78, 5) is 95.0. The fourth-order valence-electron chi connectivity index (χ4n) is 9.26. The second kappa shape index (κ2) is 26.7. The fourth-order valence-corrected chi connectivity index (χ4v) is 9.57. The normalized spacial score (nSPS) is 25.9. The molecule has 3 aliphatic heterocycles. The number of benzene rings is 2. The van der Waals surface area contributed by atoms with Gasteiger partial charge in [0.1, 0.15) is 47.3 Å². The Labute approximate surface area is 451 Å². The standard InChI is InChI=1S/C55H78ClN7O13/c1-31(2)47(57)50(67)59-34(5)49(66)60-38-22-20-36(21-23-38)30-73-52(69)58-24-15-13-14-19-44(64)62(9)35(6)51(68)75-43-28-45(65)63(10)39-26-37(27-40(71-11)46(39)56)25-32(3)17-16-18-42(72-12)54(7)29-41(74-53(70)61-54)33(4)48-55(43,8)76-48/h16-18,20-23,26-27,31,33-35,41-43,47-48H,13-15,19,24-25,28-30,57H2,1-12H3,(H,58,69)(H,59,67)(H,60,66)(H,61,70)/b18-16+,32-17+/t33-,34+,35+,41?,42-,43+,47+,48+,54-,55+/m1/s1. The van der Waals surface area contributed by atoms with Crippen molar-refractivity contribution in [1.29, 1.82) is 0 Å². The van der Waals surface area contributed by atoms with Gasteiger partial charge in [-0.25, -0.2) is 14.4 Å². The van der Waals surface area contributed by atoms with E-state index in [1.165, 1.54) is 24.0 Å². The highest BCUT2D eigenvalue weighted by Gasteiger charge is 2.64. The summed E-state index contributed by atoms with van der Waals surface area (Å²) >= 11 is 6.84. The predicted octanol–water partition coefficient (Wildman–Crippen LogP) is 6.50. The van der Waals surface area contributed by atoms with Crippen LogP contribution in [0.2, 0.25) is 5.02 Å². The first-order valence-electron chi connectivity index (χ1n) is 25.8. The van der Waals surface area contributed by atoms with Gasteiger partial charge in [-0.15, -0.1) is 0 Å². The van der Waals surface area contributed by atoms with E-state index in [2.05, 4.69) is 21.3 Å². The van der Waals surface area contributed by atoms with E-state index in [1.54, 1.807) is 59.2 Å². The summed E-state index contributed by atoms with van der Waals surface area (Å²) in [6.45, 7) is 14.6. The summed E-state index contributed by atoms with van der Waals surface area (Å²) in [5.41, 5.74) is 7.18. The molecule has 0 spiro atoms. The number of fused-ring (bicyclic) bond motifs is 5. The number of rotatable bonds is 18. The van der Waals surface area contributed by atoms with Crippen molar-refractivity contribution in [1.82, 2.24) is 20.9 Å². The molecule has 6 N–H and O–H groups in total. The number of allylic oxidation sites excluding steroid dienone is 3. The molecule has 3 heterocycles. The molecule has 2 aromatic rings. The maximum atomic E-state index is 14.4. The Kier molecular flexibility index (Phi) is 21.3. The van der Waals surface area contributed by atoms with Crippen LogP contribution in [0.4, 0.5) is 21.0 Å². The zero-order valence-electron chi connectivity index (χ0n) is 45.9. The summed E-state index contributed by atoms with van der Waals surface area (Å²) in [6, 6.07) is 7.77. The molecule has 4 bridgehead atoms. The molecule has 3 aliphatic rings. The third-order valence-corrected chi connectivity index (χ3v) is 14.9. The van der Waals surface area contributed by atoms with Gasteiger partial charge in [0, 0.05) is 52.2 Å². The van der Waals surface area contributed by atoms with Crippen molar-refractivity contribution < 1.29 is 62.0 Å². The first kappa shape index (κ1) is 60.6. The average Bonchev–Trinajstić information content (AvgIpc) is 4.08. The summed E-state index contributed by atoms with van der Waals surface area (Å²) in [5, 5.41) is 11.2. The molecule has 10 atom stereocenters. The van der Waals surface area contributed by atoms with E-state index in [0.29, 0.717) is 61.3 Å². The predicted molar refractivity (Wildman–Crippen MR) is 287 cm³/mol. The molecule has 5 rings (SSSR count). The number of alkyl carbamates (subject to hydrolysis) is 2. The minimum Gasteiger partial charge on any atom is -0.495 e. The lowest BCUT2D eigenvalue weighted by molar-refractivity contribution is -0.162. The summed E-state index contributed by atoms with van der Waals surface area (Å²) in [6.07, 6.45) is 3.83. The molecule has 2 fully saturated rings. The molecule has 418 valence electrons. The molecule has 0 aromatic heterocycles. The SMILES string of the molecule is COc1cc2cc(c1Cl)N(C)C(=O)C[C@H](OC(=O)[C@H](C)N(C)C(=O)CCCCCNC(=O)OCc1ccc(NC(=O)[C@H](C)NC(=O)[C@@H](N)C(C)C)cc1)[C@]1(C)O[C@H]1[C@H](C)C1C[C@@](C)(NC(=O)O1)[C@H](OC)/C=C/C=C(\C)C2. The lowest BCUT2D eigenvalue weighted by atomic mass is 9.80. The van der Waals surface area contributed by atoms with Crippen molar-refractivity contribution in [2.75, 3.05) is 45.1 Å². The van der Waals surface area contributed by atoms with Gasteiger partial charge in [-0.05, 0) is 95.2 Å². The lowest BCUT2D eigenvalue weighted by Gasteiger charge is -2.43. The maximum absolute atomic E-state index is 14.4. The third kappa shape index (κ3) is 15.7. The number of anilines is 2. The molecule has 2 aromatic carbocycles. The highest BCUT2D eigenvalue weighted by Crippen LogP contribution is 2.49. The molecule has 0 radical (unpaired) electrons. The molecule has 2 saturated heterocycles. The number of hydrogen-bond acceptors (Lipinski definition) is 14. The number of likely N-dealkylation sites (N-methyl/N-ethyl adjacent to an activating group) is 1. The number of hydrogen-bond donors (Lipinski definition) is 5. The number of nitrogens with zero attached hydrogens (tertiary/aromatic N) is 2. The molecule has 21 heteroatoms. The number of nitrogens with one attached hydrogen (secondary N) is 4. The van der Waals surface area contributed by atoms with E-state index in [9.17, 15) is 33.6 Å². The number of nitrogens with two attached hydrogens (primary N) is 1. The number of epoxide rings is 1. The Morgan fingerprint density at radius 1 is 1.01 bits per heavy atom.